The maximum atomic E-state index is 8.82. The van der Waals surface area contributed by atoms with E-state index in [1.165, 1.54) is 17.3 Å². The van der Waals surface area contributed by atoms with Gasteiger partial charge in [-0.2, -0.15) is 5.26 Å². The van der Waals surface area contributed by atoms with Gasteiger partial charge in [-0.3, -0.25) is 5.32 Å². The van der Waals surface area contributed by atoms with E-state index in [-0.39, 0.29) is 5.41 Å². The van der Waals surface area contributed by atoms with Crippen LogP contribution in [-0.2, 0) is 5.41 Å². The summed E-state index contributed by atoms with van der Waals surface area (Å²) in [5.41, 5.74) is 2.89. The van der Waals surface area contributed by atoms with Gasteiger partial charge >= 0.3 is 0 Å². The highest BCUT2D eigenvalue weighted by molar-refractivity contribution is 8.13. The molecule has 0 atom stereocenters. The summed E-state index contributed by atoms with van der Waals surface area (Å²) >= 11 is 1.38. The van der Waals surface area contributed by atoms with Crippen molar-refractivity contribution in [1.82, 2.24) is 5.32 Å². The van der Waals surface area contributed by atoms with E-state index in [0.29, 0.717) is 16.6 Å². The fourth-order valence-corrected chi connectivity index (χ4v) is 2.81. The van der Waals surface area contributed by atoms with Crippen molar-refractivity contribution in [2.24, 2.45) is 4.99 Å². The Labute approximate surface area is 147 Å². The van der Waals surface area contributed by atoms with Crippen LogP contribution < -0.4 is 10.1 Å². The maximum absolute atomic E-state index is 8.82. The van der Waals surface area contributed by atoms with Crippen molar-refractivity contribution in [1.29, 1.82) is 5.26 Å². The standard InChI is InChI=1S/C19H21N3OS/c1-19(2,14-8-6-5-7-9-14)15-10-11-17(23-3)16(12-15)22-18(24-4)21-13-20/h5-12H,1-4H3,(H,21,22). The molecule has 4 nitrogen and oxygen atoms in total. The Morgan fingerprint density at radius 1 is 1.17 bits per heavy atom. The van der Waals surface area contributed by atoms with Crippen LogP contribution in [0.5, 0.6) is 5.75 Å². The van der Waals surface area contributed by atoms with Gasteiger partial charge in [-0.05, 0) is 29.5 Å². The normalized spacial score (nSPS) is 11.7. The van der Waals surface area contributed by atoms with Gasteiger partial charge < -0.3 is 4.74 Å². The summed E-state index contributed by atoms with van der Waals surface area (Å²) in [4.78, 5) is 4.53. The molecule has 0 saturated carbocycles. The third-order valence-corrected chi connectivity index (χ3v) is 4.55. The van der Waals surface area contributed by atoms with Crippen LogP contribution in [-0.4, -0.2) is 18.5 Å². The van der Waals surface area contributed by atoms with Crippen LogP contribution in [0.2, 0.25) is 0 Å². The molecule has 124 valence electrons. The van der Waals surface area contributed by atoms with Gasteiger partial charge in [0.2, 0.25) is 0 Å². The molecule has 0 aromatic heterocycles. The van der Waals surface area contributed by atoms with Gasteiger partial charge in [-0.25, -0.2) is 4.99 Å². The first-order chi connectivity index (χ1) is 11.5. The Kier molecular flexibility index (Phi) is 5.88. The molecule has 2 aromatic carbocycles. The van der Waals surface area contributed by atoms with Crippen molar-refractivity contribution < 1.29 is 4.74 Å². The molecule has 0 unspecified atom stereocenters. The molecule has 0 aliphatic carbocycles. The SMILES string of the molecule is COc1ccc(C(C)(C)c2ccccc2)cc1N=C(NC#N)SC. The molecule has 0 amide bonds. The third kappa shape index (κ3) is 3.90. The van der Waals surface area contributed by atoms with Crippen LogP contribution in [0.4, 0.5) is 5.69 Å². The molecule has 0 aliphatic heterocycles. The molecular weight excluding hydrogens is 318 g/mol. The Balaban J connectivity index is 2.51. The second-order valence-corrected chi connectivity index (χ2v) is 6.53. The van der Waals surface area contributed by atoms with Gasteiger partial charge in [0.1, 0.15) is 11.4 Å². The minimum Gasteiger partial charge on any atom is -0.494 e. The second kappa shape index (κ2) is 7.89. The number of nitrogens with one attached hydrogen (secondary N) is 1. The Morgan fingerprint density at radius 2 is 1.88 bits per heavy atom. The molecule has 0 heterocycles. The zero-order chi connectivity index (χ0) is 17.6. The maximum Gasteiger partial charge on any atom is 0.183 e. The van der Waals surface area contributed by atoms with Gasteiger partial charge in [-0.15, -0.1) is 0 Å². The number of rotatable bonds is 4. The quantitative estimate of drug-likeness (QED) is 0.387. The lowest BCUT2D eigenvalue weighted by Gasteiger charge is -2.26. The molecular formula is C19H21N3OS. The van der Waals surface area contributed by atoms with Crippen LogP contribution >= 0.6 is 11.8 Å². The molecule has 24 heavy (non-hydrogen) atoms. The van der Waals surface area contributed by atoms with E-state index in [2.05, 4.69) is 42.4 Å². The van der Waals surface area contributed by atoms with E-state index in [9.17, 15) is 0 Å². The van der Waals surface area contributed by atoms with Crippen molar-refractivity contribution in [3.05, 3.63) is 59.7 Å². The summed E-state index contributed by atoms with van der Waals surface area (Å²) in [6.07, 6.45) is 3.77. The minimum absolute atomic E-state index is 0.167. The Hall–Kier alpha value is -2.45. The average molecular weight is 339 g/mol. The van der Waals surface area contributed by atoms with E-state index in [0.717, 1.165) is 5.56 Å². The number of amidine groups is 1. The monoisotopic (exact) mass is 339 g/mol. The predicted octanol–water partition coefficient (Wildman–Crippen LogP) is 4.44. The molecule has 0 bridgehead atoms. The zero-order valence-corrected chi connectivity index (χ0v) is 15.1. The number of ether oxygens (including phenoxy) is 1. The zero-order valence-electron chi connectivity index (χ0n) is 14.3. The van der Waals surface area contributed by atoms with Crippen LogP contribution in [0.3, 0.4) is 0 Å². The van der Waals surface area contributed by atoms with Crippen LogP contribution in [0.25, 0.3) is 0 Å². The Morgan fingerprint density at radius 3 is 2.46 bits per heavy atom. The summed E-state index contributed by atoms with van der Waals surface area (Å²) in [5, 5.41) is 11.9. The summed E-state index contributed by atoms with van der Waals surface area (Å²) in [5.74, 6) is 0.675. The van der Waals surface area contributed by atoms with E-state index < -0.39 is 0 Å². The fourth-order valence-electron chi connectivity index (χ4n) is 2.47. The summed E-state index contributed by atoms with van der Waals surface area (Å²) < 4.78 is 5.42. The lowest BCUT2D eigenvalue weighted by Crippen LogP contribution is -2.18. The number of benzene rings is 2. The number of thioether (sulfide) groups is 1. The minimum atomic E-state index is -0.167. The number of methoxy groups -OCH3 is 1. The number of nitriles is 1. The summed E-state index contributed by atoms with van der Waals surface area (Å²) in [6.45, 7) is 4.36. The van der Waals surface area contributed by atoms with Crippen molar-refractivity contribution in [2.75, 3.05) is 13.4 Å². The van der Waals surface area contributed by atoms with Crippen molar-refractivity contribution in [3.8, 4) is 11.9 Å². The molecule has 0 fully saturated rings. The highest BCUT2D eigenvalue weighted by atomic mass is 32.2. The largest absolute Gasteiger partial charge is 0.494 e. The number of hydrogen-bond donors (Lipinski definition) is 1. The van der Waals surface area contributed by atoms with Crippen LogP contribution in [0.15, 0.2) is 53.5 Å². The lowest BCUT2D eigenvalue weighted by atomic mass is 9.78. The van der Waals surface area contributed by atoms with Crippen molar-refractivity contribution >= 4 is 22.6 Å². The highest BCUT2D eigenvalue weighted by Crippen LogP contribution is 2.37. The molecule has 2 aromatic rings. The molecule has 5 heteroatoms. The number of aliphatic imine (C=N–C) groups is 1. The van der Waals surface area contributed by atoms with Gasteiger partial charge in [-0.1, -0.05) is 62.0 Å². The summed E-state index contributed by atoms with van der Waals surface area (Å²) in [6, 6.07) is 16.3. The highest BCUT2D eigenvalue weighted by Gasteiger charge is 2.24. The van der Waals surface area contributed by atoms with E-state index in [4.69, 9.17) is 10.00 Å². The van der Waals surface area contributed by atoms with Gasteiger partial charge in [0, 0.05) is 5.41 Å². The molecule has 0 aliphatic rings. The predicted molar refractivity (Wildman–Crippen MR) is 101 cm³/mol. The van der Waals surface area contributed by atoms with Crippen molar-refractivity contribution in [2.45, 2.75) is 19.3 Å². The first-order valence-electron chi connectivity index (χ1n) is 7.54. The second-order valence-electron chi connectivity index (χ2n) is 5.74. The van der Waals surface area contributed by atoms with Gasteiger partial charge in [0.15, 0.2) is 11.4 Å². The average Bonchev–Trinajstić information content (AvgIpc) is 2.62. The molecule has 0 saturated heterocycles. The summed E-state index contributed by atoms with van der Waals surface area (Å²) in [7, 11) is 1.62. The molecule has 0 radical (unpaired) electrons. The van der Waals surface area contributed by atoms with E-state index in [1.54, 1.807) is 7.11 Å². The van der Waals surface area contributed by atoms with Crippen LogP contribution in [0, 0.1) is 11.5 Å². The Bertz CT molecular complexity index is 764. The van der Waals surface area contributed by atoms with Gasteiger partial charge in [0.05, 0.1) is 7.11 Å². The molecule has 0 spiro atoms. The van der Waals surface area contributed by atoms with E-state index >= 15 is 0 Å². The molecule has 2 rings (SSSR count). The third-order valence-electron chi connectivity index (χ3n) is 3.97. The van der Waals surface area contributed by atoms with Gasteiger partial charge in [0.25, 0.3) is 0 Å². The first-order valence-corrected chi connectivity index (χ1v) is 8.77. The molecule has 1 N–H and O–H groups in total. The number of hydrogen-bond acceptors (Lipinski definition) is 4. The van der Waals surface area contributed by atoms with E-state index in [1.807, 2.05) is 42.8 Å². The topological polar surface area (TPSA) is 57.4 Å². The number of nitrogens with zero attached hydrogens (tertiary/aromatic N) is 2. The fraction of sp³-hybridized carbons (Fsp3) is 0.263. The van der Waals surface area contributed by atoms with Crippen molar-refractivity contribution in [3.63, 3.8) is 0 Å². The lowest BCUT2D eigenvalue weighted by molar-refractivity contribution is 0.415. The smallest absolute Gasteiger partial charge is 0.183 e. The van der Waals surface area contributed by atoms with Crippen LogP contribution in [0.1, 0.15) is 25.0 Å². The first kappa shape index (κ1) is 17.9.